The van der Waals surface area contributed by atoms with Gasteiger partial charge in [-0.2, -0.15) is 5.10 Å². The zero-order valence-corrected chi connectivity index (χ0v) is 11.5. The number of hydrogen-bond acceptors (Lipinski definition) is 4. The van der Waals surface area contributed by atoms with Crippen molar-refractivity contribution >= 4 is 28.9 Å². The summed E-state index contributed by atoms with van der Waals surface area (Å²) in [5.74, 6) is -0.549. The number of carbonyl (C=O) groups is 1. The summed E-state index contributed by atoms with van der Waals surface area (Å²) in [6.07, 6.45) is 0. The number of halogens is 1. The Hall–Kier alpha value is -2.41. The molecule has 20 heavy (non-hydrogen) atoms. The van der Waals surface area contributed by atoms with Crippen molar-refractivity contribution in [1.29, 1.82) is 0 Å². The quantitative estimate of drug-likeness (QED) is 0.695. The zero-order valence-electron chi connectivity index (χ0n) is 10.8. The minimum atomic E-state index is -0.564. The van der Waals surface area contributed by atoms with Crippen molar-refractivity contribution in [1.82, 2.24) is 9.78 Å². The van der Waals surface area contributed by atoms with Gasteiger partial charge in [0, 0.05) is 13.1 Å². The summed E-state index contributed by atoms with van der Waals surface area (Å²) in [6.45, 7) is 1.67. The van der Waals surface area contributed by atoms with Crippen LogP contribution in [0.25, 0.3) is 0 Å². The summed E-state index contributed by atoms with van der Waals surface area (Å²) in [7, 11) is 1.58. The molecule has 0 bridgehead atoms. The van der Waals surface area contributed by atoms with Crippen LogP contribution in [0.15, 0.2) is 24.3 Å². The van der Waals surface area contributed by atoms with E-state index in [1.165, 1.54) is 22.9 Å². The number of aromatic nitrogens is 2. The van der Waals surface area contributed by atoms with Crippen molar-refractivity contribution < 1.29 is 9.72 Å². The van der Waals surface area contributed by atoms with Crippen LogP contribution in [0.3, 0.4) is 0 Å². The molecule has 0 atom stereocenters. The minimum absolute atomic E-state index is 0.109. The molecule has 0 radical (unpaired) electrons. The molecule has 104 valence electrons. The number of rotatable bonds is 3. The Morgan fingerprint density at radius 1 is 1.45 bits per heavy atom. The SMILES string of the molecule is Cc1nn(C)c(C(=O)Nc2ccccc2[N+](=O)[O-])c1Cl. The number of nitrogens with one attached hydrogen (secondary N) is 1. The second-order valence-electron chi connectivity index (χ2n) is 4.10. The van der Waals surface area contributed by atoms with E-state index in [0.29, 0.717) is 5.69 Å². The molecular weight excluding hydrogens is 284 g/mol. The van der Waals surface area contributed by atoms with Gasteiger partial charge < -0.3 is 5.32 Å². The van der Waals surface area contributed by atoms with Gasteiger partial charge in [-0.3, -0.25) is 19.6 Å². The number of para-hydroxylation sites is 2. The first-order valence-electron chi connectivity index (χ1n) is 5.65. The van der Waals surface area contributed by atoms with Gasteiger partial charge in [0.1, 0.15) is 11.4 Å². The van der Waals surface area contributed by atoms with Gasteiger partial charge in [0.25, 0.3) is 11.6 Å². The molecule has 1 aromatic heterocycles. The van der Waals surface area contributed by atoms with Crippen molar-refractivity contribution in [3.8, 4) is 0 Å². The summed E-state index contributed by atoms with van der Waals surface area (Å²) in [4.78, 5) is 22.5. The van der Waals surface area contributed by atoms with Gasteiger partial charge in [0.05, 0.1) is 15.6 Å². The predicted molar refractivity (Wildman–Crippen MR) is 74.0 cm³/mol. The molecular formula is C12H11ClN4O3. The van der Waals surface area contributed by atoms with Crippen LogP contribution in [0.1, 0.15) is 16.2 Å². The van der Waals surface area contributed by atoms with E-state index < -0.39 is 10.8 Å². The van der Waals surface area contributed by atoms with Crippen LogP contribution in [0.4, 0.5) is 11.4 Å². The molecule has 0 unspecified atom stereocenters. The number of nitro benzene ring substituents is 1. The minimum Gasteiger partial charge on any atom is -0.315 e. The van der Waals surface area contributed by atoms with Crippen LogP contribution in [0.2, 0.25) is 5.02 Å². The predicted octanol–water partition coefficient (Wildman–Crippen LogP) is 2.54. The first kappa shape index (κ1) is 14.0. The van der Waals surface area contributed by atoms with Crippen LogP contribution in [0, 0.1) is 17.0 Å². The number of benzene rings is 1. The van der Waals surface area contributed by atoms with Crippen LogP contribution in [-0.2, 0) is 7.05 Å². The largest absolute Gasteiger partial charge is 0.315 e. The van der Waals surface area contributed by atoms with E-state index in [1.807, 2.05) is 0 Å². The van der Waals surface area contributed by atoms with Gasteiger partial charge in [-0.05, 0) is 13.0 Å². The lowest BCUT2D eigenvalue weighted by molar-refractivity contribution is -0.383. The normalized spacial score (nSPS) is 10.3. The molecule has 2 aromatic rings. The maximum absolute atomic E-state index is 12.2. The third-order valence-corrected chi connectivity index (χ3v) is 3.17. The molecule has 0 aliphatic rings. The maximum Gasteiger partial charge on any atom is 0.292 e. The topological polar surface area (TPSA) is 90.1 Å². The second-order valence-corrected chi connectivity index (χ2v) is 4.48. The van der Waals surface area contributed by atoms with Crippen molar-refractivity contribution in [2.45, 2.75) is 6.92 Å². The van der Waals surface area contributed by atoms with Crippen LogP contribution < -0.4 is 5.32 Å². The van der Waals surface area contributed by atoms with Crippen LogP contribution >= 0.6 is 11.6 Å². The molecule has 8 heteroatoms. The number of aryl methyl sites for hydroxylation is 2. The molecule has 1 amide bonds. The van der Waals surface area contributed by atoms with E-state index in [2.05, 4.69) is 10.4 Å². The lowest BCUT2D eigenvalue weighted by Gasteiger charge is -2.06. The summed E-state index contributed by atoms with van der Waals surface area (Å²) in [5.41, 5.74) is 0.595. The molecule has 0 spiro atoms. The smallest absolute Gasteiger partial charge is 0.292 e. The third kappa shape index (κ3) is 2.48. The zero-order chi connectivity index (χ0) is 14.9. The Bertz CT molecular complexity index is 696. The Morgan fingerprint density at radius 3 is 2.65 bits per heavy atom. The standard InChI is InChI=1S/C12H11ClN4O3/c1-7-10(13)11(16(2)15-7)12(18)14-8-5-3-4-6-9(8)17(19)20/h3-6H,1-2H3,(H,14,18). The Labute approximate surface area is 119 Å². The van der Waals surface area contributed by atoms with Gasteiger partial charge in [-0.25, -0.2) is 0 Å². The molecule has 0 saturated heterocycles. The highest BCUT2D eigenvalue weighted by Gasteiger charge is 2.21. The van der Waals surface area contributed by atoms with E-state index >= 15 is 0 Å². The average Bonchev–Trinajstić information content (AvgIpc) is 2.63. The van der Waals surface area contributed by atoms with Crippen molar-refractivity contribution in [3.63, 3.8) is 0 Å². The monoisotopic (exact) mass is 294 g/mol. The first-order chi connectivity index (χ1) is 9.41. The summed E-state index contributed by atoms with van der Waals surface area (Å²) in [5, 5.41) is 17.6. The fourth-order valence-corrected chi connectivity index (χ4v) is 2.04. The Morgan fingerprint density at radius 2 is 2.10 bits per heavy atom. The van der Waals surface area contributed by atoms with Crippen molar-refractivity contribution in [2.75, 3.05) is 5.32 Å². The van der Waals surface area contributed by atoms with E-state index in [9.17, 15) is 14.9 Å². The molecule has 2 rings (SSSR count). The first-order valence-corrected chi connectivity index (χ1v) is 6.03. The molecule has 0 saturated carbocycles. The summed E-state index contributed by atoms with van der Waals surface area (Å²) in [6, 6.07) is 5.88. The van der Waals surface area contributed by atoms with E-state index in [0.717, 1.165) is 0 Å². The second kappa shape index (κ2) is 5.30. The number of anilines is 1. The molecule has 1 heterocycles. The van der Waals surface area contributed by atoms with Crippen LogP contribution in [0.5, 0.6) is 0 Å². The summed E-state index contributed by atoms with van der Waals surface area (Å²) < 4.78 is 1.34. The molecule has 0 aliphatic heterocycles. The van der Waals surface area contributed by atoms with Crippen LogP contribution in [-0.4, -0.2) is 20.6 Å². The molecule has 0 fully saturated rings. The maximum atomic E-state index is 12.2. The van der Waals surface area contributed by atoms with E-state index in [4.69, 9.17) is 11.6 Å². The summed E-state index contributed by atoms with van der Waals surface area (Å²) >= 11 is 6.00. The molecule has 0 aliphatic carbocycles. The fraction of sp³-hybridized carbons (Fsp3) is 0.167. The van der Waals surface area contributed by atoms with Crippen molar-refractivity contribution in [3.05, 3.63) is 50.8 Å². The molecule has 7 nitrogen and oxygen atoms in total. The fourth-order valence-electron chi connectivity index (χ4n) is 1.80. The Balaban J connectivity index is 2.36. The highest BCUT2D eigenvalue weighted by atomic mass is 35.5. The third-order valence-electron chi connectivity index (χ3n) is 2.71. The number of nitrogens with zero attached hydrogens (tertiary/aromatic N) is 3. The lowest BCUT2D eigenvalue weighted by atomic mass is 10.2. The number of nitro groups is 1. The number of carbonyl (C=O) groups excluding carboxylic acids is 1. The number of amides is 1. The van der Waals surface area contributed by atoms with Gasteiger partial charge in [-0.1, -0.05) is 23.7 Å². The lowest BCUT2D eigenvalue weighted by Crippen LogP contribution is -2.17. The number of hydrogen-bond donors (Lipinski definition) is 1. The molecule has 1 N–H and O–H groups in total. The highest BCUT2D eigenvalue weighted by Crippen LogP contribution is 2.25. The van der Waals surface area contributed by atoms with E-state index in [1.54, 1.807) is 20.0 Å². The van der Waals surface area contributed by atoms with Gasteiger partial charge >= 0.3 is 0 Å². The van der Waals surface area contributed by atoms with Crippen molar-refractivity contribution in [2.24, 2.45) is 7.05 Å². The van der Waals surface area contributed by atoms with Gasteiger partial charge in [0.15, 0.2) is 0 Å². The highest BCUT2D eigenvalue weighted by molar-refractivity contribution is 6.34. The molecule has 1 aromatic carbocycles. The average molecular weight is 295 g/mol. The van der Waals surface area contributed by atoms with E-state index in [-0.39, 0.29) is 22.1 Å². The van der Waals surface area contributed by atoms with Gasteiger partial charge in [-0.15, -0.1) is 0 Å². The van der Waals surface area contributed by atoms with Gasteiger partial charge in [0.2, 0.25) is 0 Å². The Kier molecular flexibility index (Phi) is 3.71.